The summed E-state index contributed by atoms with van der Waals surface area (Å²) in [7, 11) is 0. The second kappa shape index (κ2) is 5.04. The normalized spacial score (nSPS) is 11.8. The largest absolute Gasteiger partial charge is 0.122 e. The van der Waals surface area contributed by atoms with Crippen molar-refractivity contribution in [3.05, 3.63) is 38.8 Å². The van der Waals surface area contributed by atoms with E-state index in [2.05, 4.69) is 15.9 Å². The minimum atomic E-state index is 0.541. The number of benzene rings is 1. The Hall–Kier alpha value is 0.0200. The van der Waals surface area contributed by atoms with Gasteiger partial charge in [-0.2, -0.15) is 0 Å². The van der Waals surface area contributed by atoms with Crippen molar-refractivity contribution in [2.45, 2.75) is 6.92 Å². The maximum absolute atomic E-state index is 5.86. The Morgan fingerprint density at radius 1 is 1.54 bits per heavy atom. The van der Waals surface area contributed by atoms with Gasteiger partial charge in [0.25, 0.3) is 0 Å². The van der Waals surface area contributed by atoms with Gasteiger partial charge in [-0.25, -0.2) is 0 Å². The quantitative estimate of drug-likeness (QED) is 0.686. The predicted octanol–water partition coefficient (Wildman–Crippen LogP) is 4.74. The second-order valence-corrected chi connectivity index (χ2v) is 4.35. The monoisotopic (exact) mass is 278 g/mol. The standard InChI is InChI=1S/C10H9BrCl2/c1-7(6-12)4-8-5-9(13)2-3-10(8)11/h2-5H,6H2,1H3. The van der Waals surface area contributed by atoms with Gasteiger partial charge in [0.05, 0.1) is 0 Å². The van der Waals surface area contributed by atoms with Crippen LogP contribution in [0.25, 0.3) is 6.08 Å². The molecule has 0 heterocycles. The zero-order chi connectivity index (χ0) is 9.84. The Labute approximate surface area is 96.7 Å². The zero-order valence-electron chi connectivity index (χ0n) is 7.15. The summed E-state index contributed by atoms with van der Waals surface area (Å²) in [5.74, 6) is 0.541. The molecule has 0 fully saturated rings. The fourth-order valence-electron chi connectivity index (χ4n) is 0.929. The van der Waals surface area contributed by atoms with Crippen molar-refractivity contribution in [3.63, 3.8) is 0 Å². The molecule has 0 aliphatic heterocycles. The third-order valence-corrected chi connectivity index (χ3v) is 2.95. The number of hydrogen-bond donors (Lipinski definition) is 0. The Bertz CT molecular complexity index is 332. The third-order valence-electron chi connectivity index (χ3n) is 1.57. The molecule has 0 aliphatic carbocycles. The van der Waals surface area contributed by atoms with Gasteiger partial charge in [-0.15, -0.1) is 11.6 Å². The summed E-state index contributed by atoms with van der Waals surface area (Å²) in [5.41, 5.74) is 2.18. The number of hydrogen-bond acceptors (Lipinski definition) is 0. The molecule has 13 heavy (non-hydrogen) atoms. The highest BCUT2D eigenvalue weighted by molar-refractivity contribution is 9.10. The topological polar surface area (TPSA) is 0 Å². The summed E-state index contributed by atoms with van der Waals surface area (Å²) < 4.78 is 1.03. The molecule has 0 saturated carbocycles. The third kappa shape index (κ3) is 3.34. The Balaban J connectivity index is 3.07. The molecule has 0 unspecified atom stereocenters. The van der Waals surface area contributed by atoms with Crippen molar-refractivity contribution in [2.24, 2.45) is 0 Å². The Kier molecular flexibility index (Phi) is 4.30. The molecule has 1 rings (SSSR count). The van der Waals surface area contributed by atoms with E-state index in [0.29, 0.717) is 5.88 Å². The Morgan fingerprint density at radius 3 is 2.85 bits per heavy atom. The highest BCUT2D eigenvalue weighted by Gasteiger charge is 1.98. The molecule has 0 amide bonds. The molecule has 0 radical (unpaired) electrons. The summed E-state index contributed by atoms with van der Waals surface area (Å²) in [5, 5.41) is 0.733. The molecule has 0 atom stereocenters. The van der Waals surface area contributed by atoms with Gasteiger partial charge in [0, 0.05) is 15.4 Å². The van der Waals surface area contributed by atoms with Crippen LogP contribution in [-0.4, -0.2) is 5.88 Å². The van der Waals surface area contributed by atoms with Crippen molar-refractivity contribution >= 4 is 45.2 Å². The predicted molar refractivity (Wildman–Crippen MR) is 63.5 cm³/mol. The first-order valence-electron chi connectivity index (χ1n) is 3.81. The summed E-state index contributed by atoms with van der Waals surface area (Å²) >= 11 is 15.0. The average Bonchev–Trinajstić information content (AvgIpc) is 2.11. The van der Waals surface area contributed by atoms with Gasteiger partial charge in [0.15, 0.2) is 0 Å². The van der Waals surface area contributed by atoms with Gasteiger partial charge in [-0.1, -0.05) is 39.2 Å². The zero-order valence-corrected chi connectivity index (χ0v) is 10.2. The molecular weight excluding hydrogens is 271 g/mol. The lowest BCUT2D eigenvalue weighted by Crippen LogP contribution is -1.80. The van der Waals surface area contributed by atoms with Crippen LogP contribution in [0.1, 0.15) is 12.5 Å². The number of halogens is 3. The molecule has 1 aromatic rings. The highest BCUT2D eigenvalue weighted by Crippen LogP contribution is 2.23. The molecule has 0 aromatic heterocycles. The van der Waals surface area contributed by atoms with Gasteiger partial charge in [0.1, 0.15) is 0 Å². The van der Waals surface area contributed by atoms with E-state index in [-0.39, 0.29) is 0 Å². The molecule has 70 valence electrons. The van der Waals surface area contributed by atoms with E-state index in [9.17, 15) is 0 Å². The van der Waals surface area contributed by atoms with E-state index in [4.69, 9.17) is 23.2 Å². The minimum absolute atomic E-state index is 0.541. The molecule has 0 saturated heterocycles. The van der Waals surface area contributed by atoms with Crippen molar-refractivity contribution in [2.75, 3.05) is 5.88 Å². The first-order valence-corrected chi connectivity index (χ1v) is 5.52. The smallest absolute Gasteiger partial charge is 0.0434 e. The van der Waals surface area contributed by atoms with Gasteiger partial charge in [-0.05, 0) is 30.7 Å². The van der Waals surface area contributed by atoms with E-state index in [1.54, 1.807) is 0 Å². The summed E-state index contributed by atoms with van der Waals surface area (Å²) in [6.45, 7) is 1.99. The average molecular weight is 280 g/mol. The van der Waals surface area contributed by atoms with Crippen molar-refractivity contribution < 1.29 is 0 Å². The lowest BCUT2D eigenvalue weighted by molar-refractivity contribution is 1.42. The Morgan fingerprint density at radius 2 is 2.23 bits per heavy atom. The van der Waals surface area contributed by atoms with Crippen LogP contribution in [-0.2, 0) is 0 Å². The van der Waals surface area contributed by atoms with Crippen LogP contribution in [0.5, 0.6) is 0 Å². The number of allylic oxidation sites excluding steroid dienone is 1. The van der Waals surface area contributed by atoms with Crippen molar-refractivity contribution in [3.8, 4) is 0 Å². The fraction of sp³-hybridized carbons (Fsp3) is 0.200. The van der Waals surface area contributed by atoms with E-state index >= 15 is 0 Å². The lowest BCUT2D eigenvalue weighted by atomic mass is 10.1. The van der Waals surface area contributed by atoms with Crippen LogP contribution in [0, 0.1) is 0 Å². The van der Waals surface area contributed by atoms with Crippen LogP contribution in [0.2, 0.25) is 5.02 Å². The molecule has 3 heteroatoms. The maximum atomic E-state index is 5.86. The van der Waals surface area contributed by atoms with E-state index in [0.717, 1.165) is 20.6 Å². The minimum Gasteiger partial charge on any atom is -0.122 e. The maximum Gasteiger partial charge on any atom is 0.0434 e. The fourth-order valence-corrected chi connectivity index (χ4v) is 1.55. The van der Waals surface area contributed by atoms with E-state index < -0.39 is 0 Å². The van der Waals surface area contributed by atoms with E-state index in [1.165, 1.54) is 0 Å². The molecule has 0 bridgehead atoms. The van der Waals surface area contributed by atoms with Gasteiger partial charge in [0.2, 0.25) is 0 Å². The van der Waals surface area contributed by atoms with Crippen LogP contribution >= 0.6 is 39.1 Å². The van der Waals surface area contributed by atoms with Crippen LogP contribution < -0.4 is 0 Å². The van der Waals surface area contributed by atoms with Gasteiger partial charge >= 0.3 is 0 Å². The van der Waals surface area contributed by atoms with Crippen molar-refractivity contribution in [1.82, 2.24) is 0 Å². The second-order valence-electron chi connectivity index (χ2n) is 2.79. The SMILES string of the molecule is CC(=Cc1cc(Cl)ccc1Br)CCl. The van der Waals surface area contributed by atoms with Gasteiger partial charge in [-0.3, -0.25) is 0 Å². The van der Waals surface area contributed by atoms with Crippen molar-refractivity contribution in [1.29, 1.82) is 0 Å². The summed E-state index contributed by atoms with van der Waals surface area (Å²) in [6, 6.07) is 5.68. The number of rotatable bonds is 2. The summed E-state index contributed by atoms with van der Waals surface area (Å²) in [4.78, 5) is 0. The van der Waals surface area contributed by atoms with E-state index in [1.807, 2.05) is 31.2 Å². The first kappa shape index (κ1) is 11.1. The first-order chi connectivity index (χ1) is 6.13. The molecule has 0 nitrogen and oxygen atoms in total. The van der Waals surface area contributed by atoms with Crippen LogP contribution in [0.3, 0.4) is 0 Å². The molecule has 0 N–H and O–H groups in total. The summed E-state index contributed by atoms with van der Waals surface area (Å²) in [6.07, 6.45) is 2.02. The lowest BCUT2D eigenvalue weighted by Gasteiger charge is -2.00. The van der Waals surface area contributed by atoms with Crippen LogP contribution in [0.15, 0.2) is 28.2 Å². The highest BCUT2D eigenvalue weighted by atomic mass is 79.9. The molecular formula is C10H9BrCl2. The van der Waals surface area contributed by atoms with Crippen LogP contribution in [0.4, 0.5) is 0 Å². The molecule has 0 aliphatic rings. The molecule has 0 spiro atoms. The molecule has 1 aromatic carbocycles. The van der Waals surface area contributed by atoms with Gasteiger partial charge < -0.3 is 0 Å². The number of alkyl halides is 1.